The van der Waals surface area contributed by atoms with Crippen molar-refractivity contribution in [3.05, 3.63) is 35.4 Å². The fourth-order valence-electron chi connectivity index (χ4n) is 9.00. The number of thiazole rings is 1. The number of nitrogens with zero attached hydrogens (tertiary/aromatic N) is 5. The number of nitrogen functional groups attached to an aromatic ring is 1. The van der Waals surface area contributed by atoms with Crippen molar-refractivity contribution in [1.82, 2.24) is 19.9 Å². The Hall–Kier alpha value is -3.36. The molecule has 2 aliphatic heterocycles. The molecule has 3 N–H and O–H groups in total. The third-order valence-corrected chi connectivity index (χ3v) is 12.3. The molecule has 4 aliphatic rings. The fourth-order valence-corrected chi connectivity index (χ4v) is 9.76. The van der Waals surface area contributed by atoms with Gasteiger partial charge in [0, 0.05) is 35.0 Å². The van der Waals surface area contributed by atoms with Crippen LogP contribution in [0.2, 0.25) is 0 Å². The molecule has 2 saturated carbocycles. The highest BCUT2D eigenvalue weighted by Crippen LogP contribution is 2.56. The summed E-state index contributed by atoms with van der Waals surface area (Å²) in [5, 5.41) is 10.7. The van der Waals surface area contributed by atoms with Crippen molar-refractivity contribution in [3.8, 4) is 17.1 Å². The van der Waals surface area contributed by atoms with Crippen LogP contribution in [0.25, 0.3) is 32.2 Å². The van der Waals surface area contributed by atoms with E-state index in [1.807, 2.05) is 0 Å². The highest BCUT2D eigenvalue weighted by atomic mass is 32.1. The molecule has 0 radical (unpaired) electrons. The van der Waals surface area contributed by atoms with Gasteiger partial charge in [0.15, 0.2) is 10.9 Å². The summed E-state index contributed by atoms with van der Waals surface area (Å²) in [5.41, 5.74) is 2.45. The normalized spacial score (nSPS) is 23.6. The lowest BCUT2D eigenvalue weighted by Crippen LogP contribution is -2.62. The van der Waals surface area contributed by atoms with E-state index in [0.717, 1.165) is 94.0 Å². The second-order valence-electron chi connectivity index (χ2n) is 13.7. The number of alkyl halides is 3. The number of rotatable bonds is 6. The summed E-state index contributed by atoms with van der Waals surface area (Å²) in [6.45, 7) is 2.21. The van der Waals surface area contributed by atoms with E-state index < -0.39 is 40.5 Å². The molecule has 250 valence electrons. The highest BCUT2D eigenvalue weighted by Gasteiger charge is 2.57. The maximum atomic E-state index is 17.0. The Morgan fingerprint density at radius 2 is 1.77 bits per heavy atom. The second-order valence-corrected chi connectivity index (χ2v) is 14.7. The molecule has 2 aromatic heterocycles. The molecule has 0 amide bonds. The van der Waals surface area contributed by atoms with Crippen molar-refractivity contribution in [2.75, 3.05) is 37.4 Å². The Labute approximate surface area is 271 Å². The van der Waals surface area contributed by atoms with E-state index in [1.165, 1.54) is 0 Å². The van der Waals surface area contributed by atoms with E-state index in [2.05, 4.69) is 19.9 Å². The molecule has 0 bridgehead atoms. The average Bonchev–Trinajstić information content (AvgIpc) is 3.83. The number of aromatic nitrogens is 3. The lowest BCUT2D eigenvalue weighted by atomic mass is 9.60. The standard InChI is InChI=1S/C33H35F5N6O2S/c1-43(21-15-22(45)32(21)10-2-3-11-32)28-18-14-19(33(36,37)38)23(17-6-7-20(34)27-26(17)40-29(39)47-27)24(35)25(18)41-30(42-28)46-16-31-8-4-12-44(31)13-5-9-31/h6-7,14,21-22,45H,2-5,8-13,15-16H2,1H3,(H2,39,40)/t21-,22+/m0/s1. The number of hydrogen-bond donors (Lipinski definition) is 2. The van der Waals surface area contributed by atoms with Gasteiger partial charge in [0.2, 0.25) is 0 Å². The molecule has 14 heteroatoms. The molecule has 4 fully saturated rings. The van der Waals surface area contributed by atoms with Crippen LogP contribution in [-0.4, -0.2) is 69.4 Å². The van der Waals surface area contributed by atoms with Gasteiger partial charge in [-0.15, -0.1) is 0 Å². The predicted octanol–water partition coefficient (Wildman–Crippen LogP) is 6.92. The number of fused-ring (bicyclic) bond motifs is 3. The molecular formula is C33H35F5N6O2S. The quantitative estimate of drug-likeness (QED) is 0.213. The first-order chi connectivity index (χ1) is 22.4. The van der Waals surface area contributed by atoms with Crippen molar-refractivity contribution in [1.29, 1.82) is 0 Å². The fraction of sp³-hybridized carbons (Fsp3) is 0.545. The molecule has 0 unspecified atom stereocenters. The molecule has 4 heterocycles. The lowest BCUT2D eigenvalue weighted by Gasteiger charge is -2.55. The van der Waals surface area contributed by atoms with E-state index in [9.17, 15) is 22.7 Å². The topological polar surface area (TPSA) is 101 Å². The number of aliphatic hydroxyl groups is 1. The minimum atomic E-state index is -5.00. The maximum absolute atomic E-state index is 17.0. The average molecular weight is 675 g/mol. The molecule has 2 saturated heterocycles. The number of ether oxygens (including phenoxy) is 1. The van der Waals surface area contributed by atoms with E-state index in [-0.39, 0.29) is 61.8 Å². The summed E-state index contributed by atoms with van der Waals surface area (Å²) in [5.74, 6) is -1.84. The van der Waals surface area contributed by atoms with E-state index in [0.29, 0.717) is 6.42 Å². The summed E-state index contributed by atoms with van der Waals surface area (Å²) >= 11 is 0.777. The lowest BCUT2D eigenvalue weighted by molar-refractivity contribution is -0.137. The summed E-state index contributed by atoms with van der Waals surface area (Å²) in [6.07, 6.45) is 2.32. The first-order valence-electron chi connectivity index (χ1n) is 16.2. The number of halogens is 5. The van der Waals surface area contributed by atoms with Crippen LogP contribution in [-0.2, 0) is 6.18 Å². The van der Waals surface area contributed by atoms with Gasteiger partial charge in [-0.1, -0.05) is 24.2 Å². The van der Waals surface area contributed by atoms with Crippen molar-refractivity contribution in [2.24, 2.45) is 5.41 Å². The third kappa shape index (κ3) is 4.68. The Balaban J connectivity index is 1.33. The molecule has 4 aromatic rings. The number of nitrogens with two attached hydrogens (primary N) is 1. The van der Waals surface area contributed by atoms with Gasteiger partial charge in [-0.25, -0.2) is 13.8 Å². The Morgan fingerprint density at radius 3 is 2.45 bits per heavy atom. The summed E-state index contributed by atoms with van der Waals surface area (Å²) in [6, 6.07) is 2.62. The summed E-state index contributed by atoms with van der Waals surface area (Å²) in [4.78, 5) is 17.3. The molecule has 2 aliphatic carbocycles. The number of aliphatic hydroxyl groups excluding tert-OH is 1. The number of benzene rings is 2. The van der Waals surface area contributed by atoms with Gasteiger partial charge >= 0.3 is 12.2 Å². The van der Waals surface area contributed by atoms with E-state index >= 15 is 4.39 Å². The maximum Gasteiger partial charge on any atom is 0.417 e. The summed E-state index contributed by atoms with van der Waals surface area (Å²) < 4.78 is 82.5. The first-order valence-corrected chi connectivity index (χ1v) is 17.0. The third-order valence-electron chi connectivity index (χ3n) is 11.4. The molecule has 8 nitrogen and oxygen atoms in total. The SMILES string of the molecule is CN(c1nc(OCC23CCCN2CCC3)nc2c(F)c(-c3ccc(F)c4sc(N)nc34)c(C(F)(F)F)cc12)[C@H]1C[C@@H](O)C12CCCC2. The van der Waals surface area contributed by atoms with Gasteiger partial charge in [-0.3, -0.25) is 4.90 Å². The Kier molecular flexibility index (Phi) is 7.13. The summed E-state index contributed by atoms with van der Waals surface area (Å²) in [7, 11) is 1.73. The van der Waals surface area contributed by atoms with Gasteiger partial charge < -0.3 is 20.5 Å². The molecule has 2 aromatic carbocycles. The zero-order valence-electron chi connectivity index (χ0n) is 25.8. The molecular weight excluding hydrogens is 639 g/mol. The van der Waals surface area contributed by atoms with Crippen LogP contribution in [0.15, 0.2) is 18.2 Å². The number of hydrogen-bond acceptors (Lipinski definition) is 9. The van der Waals surface area contributed by atoms with E-state index in [1.54, 1.807) is 11.9 Å². The molecule has 47 heavy (non-hydrogen) atoms. The second kappa shape index (κ2) is 10.8. The van der Waals surface area contributed by atoms with Crippen LogP contribution in [0.3, 0.4) is 0 Å². The van der Waals surface area contributed by atoms with Gasteiger partial charge in [0.25, 0.3) is 0 Å². The van der Waals surface area contributed by atoms with Crippen LogP contribution >= 0.6 is 11.3 Å². The zero-order chi connectivity index (χ0) is 32.9. The van der Waals surface area contributed by atoms with Crippen molar-refractivity contribution < 1.29 is 31.8 Å². The zero-order valence-corrected chi connectivity index (χ0v) is 26.7. The highest BCUT2D eigenvalue weighted by molar-refractivity contribution is 7.22. The monoisotopic (exact) mass is 674 g/mol. The Bertz CT molecular complexity index is 1880. The first kappa shape index (κ1) is 30.9. The van der Waals surface area contributed by atoms with Crippen LogP contribution in [0.1, 0.15) is 63.4 Å². The Morgan fingerprint density at radius 1 is 1.04 bits per heavy atom. The van der Waals surface area contributed by atoms with Gasteiger partial charge in [0.05, 0.1) is 27.4 Å². The van der Waals surface area contributed by atoms with Gasteiger partial charge in [-0.05, 0) is 76.2 Å². The smallest absolute Gasteiger partial charge is 0.417 e. The van der Waals surface area contributed by atoms with Gasteiger partial charge in [0.1, 0.15) is 23.8 Å². The molecule has 8 rings (SSSR count). The molecule has 1 spiro atoms. The van der Waals surface area contributed by atoms with Crippen LogP contribution < -0.4 is 15.4 Å². The predicted molar refractivity (Wildman–Crippen MR) is 169 cm³/mol. The van der Waals surface area contributed by atoms with Crippen LogP contribution in [0.4, 0.5) is 32.9 Å². The van der Waals surface area contributed by atoms with Gasteiger partial charge in [-0.2, -0.15) is 23.1 Å². The molecule has 2 atom stereocenters. The largest absolute Gasteiger partial charge is 0.461 e. The van der Waals surface area contributed by atoms with Crippen molar-refractivity contribution in [2.45, 2.75) is 81.6 Å². The minimum Gasteiger partial charge on any atom is -0.461 e. The van der Waals surface area contributed by atoms with Crippen LogP contribution in [0.5, 0.6) is 6.01 Å². The van der Waals surface area contributed by atoms with Crippen molar-refractivity contribution in [3.63, 3.8) is 0 Å². The van der Waals surface area contributed by atoms with Crippen LogP contribution in [0, 0.1) is 17.0 Å². The van der Waals surface area contributed by atoms with E-state index in [4.69, 9.17) is 10.5 Å². The number of anilines is 2. The van der Waals surface area contributed by atoms with Crippen molar-refractivity contribution >= 4 is 43.4 Å². The minimum absolute atomic E-state index is 0.0567.